The van der Waals surface area contributed by atoms with Crippen molar-refractivity contribution in [3.05, 3.63) is 86.0 Å². The monoisotopic (exact) mass is 483 g/mol. The van der Waals surface area contributed by atoms with E-state index < -0.39 is 0 Å². The van der Waals surface area contributed by atoms with Gasteiger partial charge in [0.05, 0.1) is 17.0 Å². The lowest BCUT2D eigenvalue weighted by Gasteiger charge is -2.15. The zero-order valence-electron chi connectivity index (χ0n) is 17.7. The number of amides is 1. The van der Waals surface area contributed by atoms with Gasteiger partial charge in [-0.2, -0.15) is 0 Å². The SMILES string of the molecule is Cc1cccc(-n2c(SCC(=O)NCCc3ccc(Cl)cc3)nc3ccsc3c2=O)c1C. The maximum absolute atomic E-state index is 13.3. The summed E-state index contributed by atoms with van der Waals surface area (Å²) in [5.41, 5.74) is 4.56. The van der Waals surface area contributed by atoms with E-state index in [4.69, 9.17) is 16.6 Å². The van der Waals surface area contributed by atoms with E-state index in [-0.39, 0.29) is 17.2 Å². The highest BCUT2D eigenvalue weighted by molar-refractivity contribution is 7.99. The van der Waals surface area contributed by atoms with E-state index >= 15 is 0 Å². The van der Waals surface area contributed by atoms with Gasteiger partial charge in [0.2, 0.25) is 5.91 Å². The molecule has 1 N–H and O–H groups in total. The number of benzene rings is 2. The standard InChI is InChI=1S/C24H22ClN3O2S2/c1-15-4-3-5-20(16(15)2)28-23(30)22-19(11-13-31-22)27-24(28)32-14-21(29)26-12-10-17-6-8-18(25)9-7-17/h3-9,11,13H,10,12,14H2,1-2H3,(H,26,29). The van der Waals surface area contributed by atoms with Crippen LogP contribution in [-0.4, -0.2) is 27.8 Å². The number of thioether (sulfide) groups is 1. The van der Waals surface area contributed by atoms with Crippen molar-refractivity contribution in [2.24, 2.45) is 0 Å². The summed E-state index contributed by atoms with van der Waals surface area (Å²) in [6.45, 7) is 4.54. The number of carbonyl (C=O) groups excluding carboxylic acids is 1. The van der Waals surface area contributed by atoms with Gasteiger partial charge in [-0.1, -0.05) is 47.6 Å². The summed E-state index contributed by atoms with van der Waals surface area (Å²) in [5.74, 6) is 0.0734. The third-order valence-electron chi connectivity index (χ3n) is 5.25. The van der Waals surface area contributed by atoms with E-state index in [1.165, 1.54) is 23.1 Å². The lowest BCUT2D eigenvalue weighted by atomic mass is 10.1. The highest BCUT2D eigenvalue weighted by Crippen LogP contribution is 2.26. The van der Waals surface area contributed by atoms with Crippen LogP contribution in [0.15, 0.2) is 63.9 Å². The van der Waals surface area contributed by atoms with Gasteiger partial charge in [0, 0.05) is 11.6 Å². The number of halogens is 1. The topological polar surface area (TPSA) is 64.0 Å². The van der Waals surface area contributed by atoms with E-state index in [1.54, 1.807) is 4.57 Å². The van der Waals surface area contributed by atoms with Gasteiger partial charge in [0.15, 0.2) is 5.16 Å². The van der Waals surface area contributed by atoms with Crippen LogP contribution in [0.4, 0.5) is 0 Å². The molecule has 0 spiro atoms. The van der Waals surface area contributed by atoms with Crippen molar-refractivity contribution in [1.82, 2.24) is 14.9 Å². The van der Waals surface area contributed by atoms with Gasteiger partial charge in [0.1, 0.15) is 4.70 Å². The Hall–Kier alpha value is -2.61. The molecular formula is C24H22ClN3O2S2. The normalized spacial score (nSPS) is 11.1. The third-order valence-corrected chi connectivity index (χ3v) is 7.33. The Morgan fingerprint density at radius 3 is 2.72 bits per heavy atom. The lowest BCUT2D eigenvalue weighted by molar-refractivity contribution is -0.118. The molecule has 1 amide bonds. The molecule has 0 fully saturated rings. The second-order valence-electron chi connectivity index (χ2n) is 7.40. The number of fused-ring (bicyclic) bond motifs is 1. The molecule has 0 unspecified atom stereocenters. The number of carbonyl (C=O) groups is 1. The smallest absolute Gasteiger partial charge is 0.276 e. The Morgan fingerprint density at radius 2 is 1.94 bits per heavy atom. The average Bonchev–Trinajstić information content (AvgIpc) is 3.25. The summed E-state index contributed by atoms with van der Waals surface area (Å²) >= 11 is 8.56. The van der Waals surface area contributed by atoms with Crippen molar-refractivity contribution < 1.29 is 4.79 Å². The molecular weight excluding hydrogens is 462 g/mol. The van der Waals surface area contributed by atoms with E-state index in [0.29, 0.717) is 26.9 Å². The molecule has 4 aromatic rings. The summed E-state index contributed by atoms with van der Waals surface area (Å²) < 4.78 is 2.25. The minimum absolute atomic E-state index is 0.101. The molecule has 32 heavy (non-hydrogen) atoms. The Morgan fingerprint density at radius 1 is 1.16 bits per heavy atom. The van der Waals surface area contributed by atoms with Crippen LogP contribution in [0, 0.1) is 13.8 Å². The summed E-state index contributed by atoms with van der Waals surface area (Å²) in [6, 6.07) is 15.3. The van der Waals surface area contributed by atoms with Crippen LogP contribution in [0.5, 0.6) is 0 Å². The van der Waals surface area contributed by atoms with Crippen LogP contribution in [0.1, 0.15) is 16.7 Å². The molecule has 8 heteroatoms. The molecule has 164 valence electrons. The minimum atomic E-state index is -0.107. The van der Waals surface area contributed by atoms with Crippen molar-refractivity contribution in [2.45, 2.75) is 25.4 Å². The molecule has 0 aliphatic carbocycles. The number of nitrogens with zero attached hydrogens (tertiary/aromatic N) is 2. The van der Waals surface area contributed by atoms with Crippen molar-refractivity contribution >= 4 is 50.8 Å². The predicted molar refractivity (Wildman–Crippen MR) is 134 cm³/mol. The van der Waals surface area contributed by atoms with E-state index in [0.717, 1.165) is 28.8 Å². The Kier molecular flexibility index (Phi) is 6.98. The second-order valence-corrected chi connectivity index (χ2v) is 9.70. The first-order valence-corrected chi connectivity index (χ1v) is 12.4. The van der Waals surface area contributed by atoms with Gasteiger partial charge < -0.3 is 5.32 Å². The molecule has 0 saturated heterocycles. The zero-order valence-corrected chi connectivity index (χ0v) is 20.1. The van der Waals surface area contributed by atoms with Crippen LogP contribution < -0.4 is 10.9 Å². The molecule has 4 rings (SSSR count). The van der Waals surface area contributed by atoms with E-state index in [2.05, 4.69) is 5.32 Å². The summed E-state index contributed by atoms with van der Waals surface area (Å²) in [6.07, 6.45) is 0.722. The van der Waals surface area contributed by atoms with Crippen LogP contribution in [0.3, 0.4) is 0 Å². The number of hydrogen-bond acceptors (Lipinski definition) is 5. The number of hydrogen-bond donors (Lipinski definition) is 1. The van der Waals surface area contributed by atoms with Crippen LogP contribution in [0.25, 0.3) is 15.9 Å². The fourth-order valence-electron chi connectivity index (χ4n) is 3.36. The molecule has 0 atom stereocenters. The molecule has 0 bridgehead atoms. The minimum Gasteiger partial charge on any atom is -0.355 e. The average molecular weight is 484 g/mol. The van der Waals surface area contributed by atoms with Crippen LogP contribution >= 0.6 is 34.7 Å². The van der Waals surface area contributed by atoms with Crippen molar-refractivity contribution in [3.8, 4) is 5.69 Å². The summed E-state index contributed by atoms with van der Waals surface area (Å²) in [4.78, 5) is 30.4. The third kappa shape index (κ3) is 4.90. The fraction of sp³-hybridized carbons (Fsp3) is 0.208. The fourth-order valence-corrected chi connectivity index (χ4v) is 5.08. The van der Waals surface area contributed by atoms with E-state index in [9.17, 15) is 9.59 Å². The van der Waals surface area contributed by atoms with Crippen LogP contribution in [-0.2, 0) is 11.2 Å². The molecule has 5 nitrogen and oxygen atoms in total. The number of aryl methyl sites for hydroxylation is 1. The maximum atomic E-state index is 13.3. The molecule has 0 saturated carbocycles. The molecule has 2 aromatic heterocycles. The summed E-state index contributed by atoms with van der Waals surface area (Å²) in [7, 11) is 0. The predicted octanol–water partition coefficient (Wildman–Crippen LogP) is 5.17. The molecule has 0 aliphatic rings. The van der Waals surface area contributed by atoms with Crippen molar-refractivity contribution in [3.63, 3.8) is 0 Å². The largest absolute Gasteiger partial charge is 0.355 e. The van der Waals surface area contributed by atoms with Gasteiger partial charge in [0.25, 0.3) is 5.56 Å². The Balaban J connectivity index is 1.52. The molecule has 2 aromatic carbocycles. The first-order chi connectivity index (χ1) is 15.4. The number of thiophene rings is 1. The van der Waals surface area contributed by atoms with Crippen molar-refractivity contribution in [1.29, 1.82) is 0 Å². The quantitative estimate of drug-likeness (QED) is 0.291. The van der Waals surface area contributed by atoms with Crippen molar-refractivity contribution in [2.75, 3.05) is 12.3 Å². The number of aromatic nitrogens is 2. The van der Waals surface area contributed by atoms with Gasteiger partial charge in [-0.15, -0.1) is 11.3 Å². The van der Waals surface area contributed by atoms with E-state index in [1.807, 2.05) is 67.8 Å². The van der Waals surface area contributed by atoms with Gasteiger partial charge in [-0.25, -0.2) is 4.98 Å². The first kappa shape index (κ1) is 22.6. The number of rotatable bonds is 7. The number of nitrogens with one attached hydrogen (secondary N) is 1. The van der Waals surface area contributed by atoms with Crippen LogP contribution in [0.2, 0.25) is 5.02 Å². The maximum Gasteiger partial charge on any atom is 0.276 e. The lowest BCUT2D eigenvalue weighted by Crippen LogP contribution is -2.28. The molecule has 0 radical (unpaired) electrons. The first-order valence-electron chi connectivity index (χ1n) is 10.1. The highest BCUT2D eigenvalue weighted by atomic mass is 35.5. The Labute approximate surface area is 199 Å². The summed E-state index contributed by atoms with van der Waals surface area (Å²) in [5, 5.41) is 6.01. The molecule has 0 aliphatic heterocycles. The second kappa shape index (κ2) is 9.90. The van der Waals surface area contributed by atoms with Gasteiger partial charge in [-0.05, 0) is 66.6 Å². The zero-order chi connectivity index (χ0) is 22.7. The molecule has 2 heterocycles. The highest BCUT2D eigenvalue weighted by Gasteiger charge is 2.17. The Bertz CT molecular complexity index is 1330. The van der Waals surface area contributed by atoms with Gasteiger partial charge in [-0.3, -0.25) is 14.2 Å². The van der Waals surface area contributed by atoms with Gasteiger partial charge >= 0.3 is 0 Å².